The van der Waals surface area contributed by atoms with E-state index < -0.39 is 5.91 Å². The average Bonchev–Trinajstić information content (AvgIpc) is 2.59. The first kappa shape index (κ1) is 18.0. The molecule has 0 saturated heterocycles. The molecule has 0 saturated carbocycles. The van der Waals surface area contributed by atoms with E-state index in [9.17, 15) is 4.79 Å². The fraction of sp³-hybridized carbons (Fsp3) is 0.474. The van der Waals surface area contributed by atoms with Gasteiger partial charge in [-0.2, -0.15) is 0 Å². The van der Waals surface area contributed by atoms with Gasteiger partial charge in [-0.1, -0.05) is 39.0 Å². The van der Waals surface area contributed by atoms with E-state index in [0.717, 1.165) is 17.3 Å². The number of hydrogen-bond donors (Lipinski definition) is 1. The van der Waals surface area contributed by atoms with E-state index in [0.29, 0.717) is 23.7 Å². The molecule has 0 aliphatic rings. The van der Waals surface area contributed by atoms with Crippen LogP contribution in [0.25, 0.3) is 10.9 Å². The Balaban J connectivity index is 2.03. The van der Waals surface area contributed by atoms with Crippen LogP contribution in [0.3, 0.4) is 0 Å². The summed E-state index contributed by atoms with van der Waals surface area (Å²) in [7, 11) is 1.61. The minimum absolute atomic E-state index is 0.384. The average molecular weight is 330 g/mol. The van der Waals surface area contributed by atoms with Gasteiger partial charge in [0.1, 0.15) is 0 Å². The Bertz CT molecular complexity index is 686. The Morgan fingerprint density at radius 2 is 1.83 bits per heavy atom. The molecule has 1 heterocycles. The zero-order valence-electron chi connectivity index (χ0n) is 14.5. The van der Waals surface area contributed by atoms with Crippen molar-refractivity contribution in [2.45, 2.75) is 45.4 Å². The molecule has 5 heteroatoms. The number of fused-ring (bicyclic) bond motifs is 1. The van der Waals surface area contributed by atoms with E-state index in [1.807, 2.05) is 12.1 Å². The smallest absolute Gasteiger partial charge is 0.250 e. The highest BCUT2D eigenvalue weighted by Gasteiger charge is 2.10. The van der Waals surface area contributed by atoms with Crippen LogP contribution in [0.1, 0.15) is 55.8 Å². The number of amides is 1. The van der Waals surface area contributed by atoms with Crippen molar-refractivity contribution < 1.29 is 14.3 Å². The number of methoxy groups -OCH3 is 1. The van der Waals surface area contributed by atoms with E-state index in [2.05, 4.69) is 11.9 Å². The van der Waals surface area contributed by atoms with Gasteiger partial charge in [0.15, 0.2) is 11.5 Å². The van der Waals surface area contributed by atoms with Crippen molar-refractivity contribution in [2.24, 2.45) is 5.73 Å². The van der Waals surface area contributed by atoms with Crippen molar-refractivity contribution >= 4 is 16.8 Å². The van der Waals surface area contributed by atoms with Crippen LogP contribution in [-0.2, 0) is 0 Å². The van der Waals surface area contributed by atoms with Crippen LogP contribution >= 0.6 is 0 Å². The van der Waals surface area contributed by atoms with Gasteiger partial charge in [0, 0.05) is 17.6 Å². The lowest BCUT2D eigenvalue weighted by Gasteiger charge is -2.12. The number of primary amides is 1. The number of aromatic nitrogens is 1. The van der Waals surface area contributed by atoms with Crippen LogP contribution < -0.4 is 15.2 Å². The largest absolute Gasteiger partial charge is 0.493 e. The van der Waals surface area contributed by atoms with Gasteiger partial charge in [0.05, 0.1) is 24.8 Å². The van der Waals surface area contributed by atoms with E-state index in [1.165, 1.54) is 38.3 Å². The first-order chi connectivity index (χ1) is 11.7. The molecule has 0 aliphatic carbocycles. The van der Waals surface area contributed by atoms with Crippen LogP contribution in [0.5, 0.6) is 11.5 Å². The fourth-order valence-electron chi connectivity index (χ4n) is 2.61. The van der Waals surface area contributed by atoms with Crippen molar-refractivity contribution in [3.8, 4) is 11.5 Å². The third kappa shape index (κ3) is 4.85. The SMILES string of the molecule is CCCCCCCCOc1cc2cc(C(N)=O)cnc2cc1OC. The lowest BCUT2D eigenvalue weighted by molar-refractivity contribution is 0.1000. The van der Waals surface area contributed by atoms with Gasteiger partial charge >= 0.3 is 0 Å². The second-order valence-electron chi connectivity index (χ2n) is 5.90. The van der Waals surface area contributed by atoms with Crippen molar-refractivity contribution in [1.82, 2.24) is 4.98 Å². The monoisotopic (exact) mass is 330 g/mol. The Hall–Kier alpha value is -2.30. The normalized spacial score (nSPS) is 10.8. The van der Waals surface area contributed by atoms with Crippen molar-refractivity contribution in [3.05, 3.63) is 30.0 Å². The predicted octanol–water partition coefficient (Wildman–Crippen LogP) is 4.08. The number of unbranched alkanes of at least 4 members (excludes halogenated alkanes) is 5. The summed E-state index contributed by atoms with van der Waals surface area (Å²) in [4.78, 5) is 15.6. The second kappa shape index (κ2) is 9.11. The third-order valence-corrected chi connectivity index (χ3v) is 4.01. The predicted molar refractivity (Wildman–Crippen MR) is 95.7 cm³/mol. The molecular formula is C19H26N2O3. The molecule has 1 aromatic carbocycles. The molecule has 2 rings (SSSR count). The van der Waals surface area contributed by atoms with Crippen molar-refractivity contribution in [2.75, 3.05) is 13.7 Å². The van der Waals surface area contributed by atoms with Crippen LogP contribution in [0, 0.1) is 0 Å². The summed E-state index contributed by atoms with van der Waals surface area (Å²) in [6, 6.07) is 5.39. The molecule has 24 heavy (non-hydrogen) atoms. The van der Waals surface area contributed by atoms with Gasteiger partial charge in [0.2, 0.25) is 5.91 Å². The number of benzene rings is 1. The number of rotatable bonds is 10. The van der Waals surface area contributed by atoms with E-state index >= 15 is 0 Å². The summed E-state index contributed by atoms with van der Waals surface area (Å²) in [5.41, 5.74) is 6.44. The lowest BCUT2D eigenvalue weighted by atomic mass is 10.1. The molecule has 0 atom stereocenters. The van der Waals surface area contributed by atoms with Crippen LogP contribution in [0.15, 0.2) is 24.4 Å². The Morgan fingerprint density at radius 1 is 1.08 bits per heavy atom. The van der Waals surface area contributed by atoms with Gasteiger partial charge in [0.25, 0.3) is 0 Å². The summed E-state index contributed by atoms with van der Waals surface area (Å²) in [6.45, 7) is 2.87. The fourth-order valence-corrected chi connectivity index (χ4v) is 2.61. The molecule has 0 fully saturated rings. The first-order valence-corrected chi connectivity index (χ1v) is 8.56. The molecule has 2 N–H and O–H groups in total. The number of carbonyl (C=O) groups excluding carboxylic acids is 1. The topological polar surface area (TPSA) is 74.4 Å². The molecule has 5 nitrogen and oxygen atoms in total. The van der Waals surface area contributed by atoms with E-state index in [1.54, 1.807) is 13.2 Å². The Labute approximate surface area is 143 Å². The van der Waals surface area contributed by atoms with Crippen LogP contribution in [0.2, 0.25) is 0 Å². The molecule has 0 unspecified atom stereocenters. The van der Waals surface area contributed by atoms with Gasteiger partial charge in [-0.15, -0.1) is 0 Å². The number of ether oxygens (including phenoxy) is 2. The number of nitrogens with zero attached hydrogens (tertiary/aromatic N) is 1. The molecule has 0 aliphatic heterocycles. The lowest BCUT2D eigenvalue weighted by Crippen LogP contribution is -2.11. The van der Waals surface area contributed by atoms with E-state index in [-0.39, 0.29) is 0 Å². The maximum atomic E-state index is 11.3. The molecular weight excluding hydrogens is 304 g/mol. The first-order valence-electron chi connectivity index (χ1n) is 8.56. The van der Waals surface area contributed by atoms with Gasteiger partial charge in [-0.3, -0.25) is 9.78 Å². The number of carbonyl (C=O) groups is 1. The standard InChI is InChI=1S/C19H26N2O3/c1-3-4-5-6-7-8-9-24-18-11-14-10-15(19(20)22)13-21-16(14)12-17(18)23-2/h10-13H,3-9H2,1-2H3,(H2,20,22). The van der Waals surface area contributed by atoms with E-state index in [4.69, 9.17) is 15.2 Å². The van der Waals surface area contributed by atoms with Gasteiger partial charge in [-0.25, -0.2) is 0 Å². The minimum atomic E-state index is -0.491. The Morgan fingerprint density at radius 3 is 2.54 bits per heavy atom. The van der Waals surface area contributed by atoms with Crippen molar-refractivity contribution in [3.63, 3.8) is 0 Å². The highest BCUT2D eigenvalue weighted by atomic mass is 16.5. The zero-order valence-corrected chi connectivity index (χ0v) is 14.5. The number of pyridine rings is 1. The second-order valence-corrected chi connectivity index (χ2v) is 5.90. The number of hydrogen-bond acceptors (Lipinski definition) is 4. The summed E-state index contributed by atoms with van der Waals surface area (Å²) in [5, 5.41) is 0.810. The molecule has 1 aromatic heterocycles. The number of nitrogens with two attached hydrogens (primary N) is 1. The molecule has 2 aromatic rings. The molecule has 0 radical (unpaired) electrons. The van der Waals surface area contributed by atoms with Gasteiger partial charge in [-0.05, 0) is 18.6 Å². The maximum absolute atomic E-state index is 11.3. The third-order valence-electron chi connectivity index (χ3n) is 4.01. The van der Waals surface area contributed by atoms with Crippen molar-refractivity contribution in [1.29, 1.82) is 0 Å². The molecule has 0 spiro atoms. The summed E-state index contributed by atoms with van der Waals surface area (Å²) in [5.74, 6) is 0.824. The molecule has 1 amide bonds. The van der Waals surface area contributed by atoms with Crippen LogP contribution in [-0.4, -0.2) is 24.6 Å². The summed E-state index contributed by atoms with van der Waals surface area (Å²) < 4.78 is 11.3. The molecule has 130 valence electrons. The minimum Gasteiger partial charge on any atom is -0.493 e. The zero-order chi connectivity index (χ0) is 17.4. The quantitative estimate of drug-likeness (QED) is 0.666. The van der Waals surface area contributed by atoms with Crippen LogP contribution in [0.4, 0.5) is 0 Å². The highest BCUT2D eigenvalue weighted by molar-refractivity contribution is 5.96. The maximum Gasteiger partial charge on any atom is 0.250 e. The van der Waals surface area contributed by atoms with Gasteiger partial charge < -0.3 is 15.2 Å². The molecule has 0 bridgehead atoms. The summed E-state index contributed by atoms with van der Waals surface area (Å²) >= 11 is 0. The Kier molecular flexibility index (Phi) is 6.85. The summed E-state index contributed by atoms with van der Waals surface area (Å²) in [6.07, 6.45) is 8.75. The highest BCUT2D eigenvalue weighted by Crippen LogP contribution is 2.32.